The minimum atomic E-state index is -0.343. The number of carbonyl (C=O) groups is 1. The van der Waals surface area contributed by atoms with Crippen LogP contribution in [0, 0.1) is 5.92 Å². The van der Waals surface area contributed by atoms with Crippen molar-refractivity contribution in [3.05, 3.63) is 0 Å². The van der Waals surface area contributed by atoms with Gasteiger partial charge >= 0.3 is 5.97 Å². The first-order valence-electron chi connectivity index (χ1n) is 3.97. The molecule has 0 N–H and O–H groups in total. The van der Waals surface area contributed by atoms with Gasteiger partial charge in [-0.3, -0.25) is 4.79 Å². The van der Waals surface area contributed by atoms with Gasteiger partial charge in [0.05, 0.1) is 5.92 Å². The molecule has 1 unspecified atom stereocenters. The summed E-state index contributed by atoms with van der Waals surface area (Å²) in [6.45, 7) is 3.49. The van der Waals surface area contributed by atoms with Crippen LogP contribution in [0.15, 0.2) is 0 Å². The quantitative estimate of drug-likeness (QED) is 0.569. The van der Waals surface area contributed by atoms with Crippen molar-refractivity contribution in [1.82, 2.24) is 0 Å². The fraction of sp³-hybridized carbons (Fsp3) is 0.875. The van der Waals surface area contributed by atoms with Gasteiger partial charge < -0.3 is 4.74 Å². The van der Waals surface area contributed by atoms with Gasteiger partial charge in [0.25, 0.3) is 0 Å². The maximum atomic E-state index is 10.9. The lowest BCUT2D eigenvalue weighted by atomic mass is 10.1. The van der Waals surface area contributed by atoms with Gasteiger partial charge in [-0.15, -0.1) is 0 Å². The average molecular weight is 159 g/mol. The lowest BCUT2D eigenvalue weighted by molar-refractivity contribution is -0.149. The standard InChI is InChI=1S/C8H15O3/c1-3-4-7(2)8(10)11-6-5-9/h7H,3-6H2,1-2H3. The number of ether oxygens (including phenoxy) is 1. The van der Waals surface area contributed by atoms with E-state index in [1.165, 1.54) is 0 Å². The number of hydrogen-bond acceptors (Lipinski definition) is 2. The molecule has 0 saturated carbocycles. The zero-order chi connectivity index (χ0) is 8.69. The van der Waals surface area contributed by atoms with E-state index in [0.717, 1.165) is 12.8 Å². The summed E-state index contributed by atoms with van der Waals surface area (Å²) in [5.74, 6) is -0.311. The fourth-order valence-corrected chi connectivity index (χ4v) is 0.835. The van der Waals surface area contributed by atoms with E-state index in [2.05, 4.69) is 4.74 Å². The highest BCUT2D eigenvalue weighted by molar-refractivity contribution is 5.71. The Bertz CT molecular complexity index is 112. The Kier molecular flexibility index (Phi) is 5.84. The van der Waals surface area contributed by atoms with Crippen molar-refractivity contribution in [2.24, 2.45) is 5.92 Å². The molecule has 11 heavy (non-hydrogen) atoms. The summed E-state index contributed by atoms with van der Waals surface area (Å²) in [7, 11) is 0. The van der Waals surface area contributed by atoms with Crippen LogP contribution in [0.4, 0.5) is 0 Å². The minimum absolute atomic E-state index is 0.00683. The molecule has 0 aliphatic carbocycles. The van der Waals surface area contributed by atoms with Crippen LogP contribution in [0.3, 0.4) is 0 Å². The third-order valence-electron chi connectivity index (χ3n) is 1.45. The molecule has 0 fully saturated rings. The highest BCUT2D eigenvalue weighted by atomic mass is 16.5. The van der Waals surface area contributed by atoms with E-state index in [0.29, 0.717) is 0 Å². The SMILES string of the molecule is CCCC(C)C(=O)OCC[O]. The number of hydrogen-bond donors (Lipinski definition) is 0. The Morgan fingerprint density at radius 2 is 2.18 bits per heavy atom. The zero-order valence-corrected chi connectivity index (χ0v) is 7.13. The first-order chi connectivity index (χ1) is 5.22. The number of carbonyl (C=O) groups excluding carboxylic acids is 1. The summed E-state index contributed by atoms with van der Waals surface area (Å²) in [6, 6.07) is 0. The van der Waals surface area contributed by atoms with Crippen molar-refractivity contribution in [2.45, 2.75) is 26.7 Å². The molecule has 0 aromatic heterocycles. The van der Waals surface area contributed by atoms with Crippen LogP contribution >= 0.6 is 0 Å². The van der Waals surface area contributed by atoms with Crippen LogP contribution in [-0.2, 0) is 14.6 Å². The molecule has 65 valence electrons. The maximum Gasteiger partial charge on any atom is 0.308 e. The second-order valence-corrected chi connectivity index (χ2v) is 2.56. The fourth-order valence-electron chi connectivity index (χ4n) is 0.835. The predicted octanol–water partition coefficient (Wildman–Crippen LogP) is 1.40. The molecule has 3 nitrogen and oxygen atoms in total. The van der Waals surface area contributed by atoms with Crippen LogP contribution in [0.5, 0.6) is 0 Å². The first-order valence-corrected chi connectivity index (χ1v) is 3.97. The summed E-state index contributed by atoms with van der Waals surface area (Å²) in [5.41, 5.74) is 0. The van der Waals surface area contributed by atoms with Gasteiger partial charge in [-0.25, -0.2) is 5.11 Å². The molecule has 0 aromatic carbocycles. The van der Waals surface area contributed by atoms with Crippen LogP contribution < -0.4 is 0 Å². The minimum Gasteiger partial charge on any atom is -0.463 e. The first kappa shape index (κ1) is 10.4. The highest BCUT2D eigenvalue weighted by Gasteiger charge is 2.12. The second-order valence-electron chi connectivity index (χ2n) is 2.56. The van der Waals surface area contributed by atoms with E-state index < -0.39 is 0 Å². The van der Waals surface area contributed by atoms with Crippen LogP contribution in [0.1, 0.15) is 26.7 Å². The van der Waals surface area contributed by atoms with Gasteiger partial charge in [-0.1, -0.05) is 20.3 Å². The van der Waals surface area contributed by atoms with Crippen molar-refractivity contribution in [3.63, 3.8) is 0 Å². The topological polar surface area (TPSA) is 46.2 Å². The van der Waals surface area contributed by atoms with Gasteiger partial charge in [0.2, 0.25) is 0 Å². The Balaban J connectivity index is 3.47. The van der Waals surface area contributed by atoms with Crippen molar-refractivity contribution >= 4 is 5.97 Å². The Morgan fingerprint density at radius 3 is 2.64 bits per heavy atom. The summed E-state index contributed by atoms with van der Waals surface area (Å²) in [5, 5.41) is 9.94. The molecule has 0 aliphatic heterocycles. The molecule has 0 spiro atoms. The van der Waals surface area contributed by atoms with Crippen LogP contribution in [-0.4, -0.2) is 19.2 Å². The molecule has 3 heteroatoms. The highest BCUT2D eigenvalue weighted by Crippen LogP contribution is 2.06. The lowest BCUT2D eigenvalue weighted by Crippen LogP contribution is -2.16. The summed E-state index contributed by atoms with van der Waals surface area (Å²) in [6.07, 6.45) is 1.80. The monoisotopic (exact) mass is 159 g/mol. The second kappa shape index (κ2) is 6.16. The molecule has 0 bridgehead atoms. The molecule has 0 rings (SSSR count). The average Bonchev–Trinajstić information content (AvgIpc) is 2.00. The summed E-state index contributed by atoms with van der Waals surface area (Å²) < 4.78 is 4.65. The smallest absolute Gasteiger partial charge is 0.308 e. The predicted molar refractivity (Wildman–Crippen MR) is 40.6 cm³/mol. The summed E-state index contributed by atoms with van der Waals surface area (Å²) >= 11 is 0. The van der Waals surface area contributed by atoms with Gasteiger partial charge in [0, 0.05) is 0 Å². The van der Waals surface area contributed by atoms with Crippen molar-refractivity contribution in [3.8, 4) is 0 Å². The molecule has 0 saturated heterocycles. The van der Waals surface area contributed by atoms with E-state index >= 15 is 0 Å². The maximum absolute atomic E-state index is 10.9. The Hall–Kier alpha value is -0.570. The van der Waals surface area contributed by atoms with E-state index in [1.54, 1.807) is 0 Å². The lowest BCUT2D eigenvalue weighted by Gasteiger charge is -2.08. The van der Waals surface area contributed by atoms with Crippen molar-refractivity contribution in [2.75, 3.05) is 13.2 Å². The summed E-state index contributed by atoms with van der Waals surface area (Å²) in [4.78, 5) is 10.9. The normalized spacial score (nSPS) is 12.6. The molecule has 0 aromatic rings. The largest absolute Gasteiger partial charge is 0.463 e. The molecular weight excluding hydrogens is 144 g/mol. The molecule has 0 heterocycles. The molecular formula is C8H15O3. The molecule has 0 aliphatic rings. The zero-order valence-electron chi connectivity index (χ0n) is 7.13. The van der Waals surface area contributed by atoms with Crippen LogP contribution in [0.25, 0.3) is 0 Å². The third kappa shape index (κ3) is 4.79. The van der Waals surface area contributed by atoms with Crippen molar-refractivity contribution in [1.29, 1.82) is 0 Å². The third-order valence-corrected chi connectivity index (χ3v) is 1.45. The number of esters is 1. The molecule has 1 radical (unpaired) electrons. The van der Waals surface area contributed by atoms with E-state index in [9.17, 15) is 9.90 Å². The molecule has 1 atom stereocenters. The van der Waals surface area contributed by atoms with Crippen LogP contribution in [0.2, 0.25) is 0 Å². The van der Waals surface area contributed by atoms with Gasteiger partial charge in [0.15, 0.2) is 0 Å². The van der Waals surface area contributed by atoms with E-state index in [4.69, 9.17) is 0 Å². The molecule has 0 amide bonds. The Labute approximate surface area is 67.4 Å². The Morgan fingerprint density at radius 1 is 1.55 bits per heavy atom. The number of rotatable bonds is 5. The van der Waals surface area contributed by atoms with Gasteiger partial charge in [-0.05, 0) is 6.42 Å². The van der Waals surface area contributed by atoms with Gasteiger partial charge in [0.1, 0.15) is 13.2 Å². The van der Waals surface area contributed by atoms with E-state index in [1.807, 2.05) is 13.8 Å². The van der Waals surface area contributed by atoms with Crippen molar-refractivity contribution < 1.29 is 14.6 Å². The van der Waals surface area contributed by atoms with E-state index in [-0.39, 0.29) is 25.1 Å². The van der Waals surface area contributed by atoms with Gasteiger partial charge in [-0.2, -0.15) is 0 Å².